The zero-order chi connectivity index (χ0) is 14.8. The largest absolute Gasteiger partial charge is 0.477 e. The molecule has 0 atom stereocenters. The standard InChI is InChI=1S/C10H14N2O6S/c1-10(2,3)18-9(15)11-19(16,17)12-6-4-5-7(12)8(13)14/h4-6H,1-3H3,(H,11,15)(H,13,14). The van der Waals surface area contributed by atoms with E-state index in [4.69, 9.17) is 9.84 Å². The fourth-order valence-corrected chi connectivity index (χ4v) is 2.17. The van der Waals surface area contributed by atoms with E-state index in [-0.39, 0.29) is 0 Å². The first-order chi connectivity index (χ1) is 8.53. The summed E-state index contributed by atoms with van der Waals surface area (Å²) in [5, 5.41) is 8.81. The molecular weight excluding hydrogens is 276 g/mol. The van der Waals surface area contributed by atoms with Crippen LogP contribution in [0.4, 0.5) is 4.79 Å². The lowest BCUT2D eigenvalue weighted by Crippen LogP contribution is -2.39. The average molecular weight is 290 g/mol. The number of amides is 1. The molecule has 0 fully saturated rings. The lowest BCUT2D eigenvalue weighted by atomic mass is 10.2. The molecule has 9 heteroatoms. The van der Waals surface area contributed by atoms with Crippen molar-refractivity contribution in [1.29, 1.82) is 0 Å². The third kappa shape index (κ3) is 3.98. The van der Waals surface area contributed by atoms with Gasteiger partial charge >= 0.3 is 22.3 Å². The molecule has 106 valence electrons. The number of carboxylic acid groups (broad SMARTS) is 1. The summed E-state index contributed by atoms with van der Waals surface area (Å²) in [6.07, 6.45) is -0.173. The van der Waals surface area contributed by atoms with E-state index >= 15 is 0 Å². The summed E-state index contributed by atoms with van der Waals surface area (Å²) < 4.78 is 30.5. The van der Waals surface area contributed by atoms with Gasteiger partial charge in [0.2, 0.25) is 0 Å². The van der Waals surface area contributed by atoms with Gasteiger partial charge in [0.15, 0.2) is 0 Å². The Bertz CT molecular complexity index is 596. The second-order valence-electron chi connectivity index (χ2n) is 4.60. The van der Waals surface area contributed by atoms with E-state index in [1.165, 1.54) is 6.07 Å². The van der Waals surface area contributed by atoms with E-state index in [2.05, 4.69) is 0 Å². The van der Waals surface area contributed by atoms with Crippen LogP contribution in [0.3, 0.4) is 0 Å². The van der Waals surface area contributed by atoms with Crippen LogP contribution in [-0.2, 0) is 14.9 Å². The predicted molar refractivity (Wildman–Crippen MR) is 65.1 cm³/mol. The van der Waals surface area contributed by atoms with Gasteiger partial charge in [-0.15, -0.1) is 0 Å². The van der Waals surface area contributed by atoms with Crippen molar-refractivity contribution in [2.75, 3.05) is 0 Å². The molecule has 0 spiro atoms. The molecule has 1 aromatic heterocycles. The minimum atomic E-state index is -4.35. The minimum absolute atomic E-state index is 0.444. The molecule has 0 aliphatic heterocycles. The average Bonchev–Trinajstić information content (AvgIpc) is 2.60. The molecule has 19 heavy (non-hydrogen) atoms. The molecule has 1 amide bonds. The number of hydrogen-bond donors (Lipinski definition) is 2. The smallest absolute Gasteiger partial charge is 0.422 e. The van der Waals surface area contributed by atoms with Crippen molar-refractivity contribution >= 4 is 22.3 Å². The number of aromatic carboxylic acids is 1. The van der Waals surface area contributed by atoms with Gasteiger partial charge in [0.05, 0.1) is 0 Å². The van der Waals surface area contributed by atoms with Gasteiger partial charge < -0.3 is 9.84 Å². The van der Waals surface area contributed by atoms with Gasteiger partial charge in [-0.2, -0.15) is 8.42 Å². The van der Waals surface area contributed by atoms with Crippen molar-refractivity contribution in [2.45, 2.75) is 26.4 Å². The Morgan fingerprint density at radius 3 is 2.42 bits per heavy atom. The maximum atomic E-state index is 11.8. The van der Waals surface area contributed by atoms with E-state index in [1.807, 2.05) is 0 Å². The van der Waals surface area contributed by atoms with E-state index < -0.39 is 33.6 Å². The van der Waals surface area contributed by atoms with Crippen LogP contribution in [0, 0.1) is 0 Å². The quantitative estimate of drug-likeness (QED) is 0.851. The fourth-order valence-electron chi connectivity index (χ4n) is 1.19. The Morgan fingerprint density at radius 2 is 1.95 bits per heavy atom. The van der Waals surface area contributed by atoms with Gasteiger partial charge in [-0.3, -0.25) is 0 Å². The molecule has 2 N–H and O–H groups in total. The summed E-state index contributed by atoms with van der Waals surface area (Å²) >= 11 is 0. The van der Waals surface area contributed by atoms with Crippen molar-refractivity contribution in [3.63, 3.8) is 0 Å². The zero-order valence-electron chi connectivity index (χ0n) is 10.6. The van der Waals surface area contributed by atoms with Crippen LogP contribution in [0.25, 0.3) is 0 Å². The third-order valence-electron chi connectivity index (χ3n) is 1.80. The second kappa shape index (κ2) is 4.92. The summed E-state index contributed by atoms with van der Waals surface area (Å²) in [6, 6.07) is 2.33. The molecule has 1 aromatic rings. The van der Waals surface area contributed by atoms with Crippen LogP contribution >= 0.6 is 0 Å². The van der Waals surface area contributed by atoms with Gasteiger partial charge in [-0.05, 0) is 32.9 Å². The Labute approximate surface area is 110 Å². The molecule has 0 aliphatic rings. The van der Waals surface area contributed by atoms with Crippen LogP contribution in [0.2, 0.25) is 0 Å². The van der Waals surface area contributed by atoms with Gasteiger partial charge in [0.25, 0.3) is 0 Å². The number of carbonyl (C=O) groups is 2. The SMILES string of the molecule is CC(C)(C)OC(=O)NS(=O)(=O)n1cccc1C(=O)O. The number of ether oxygens (including phenoxy) is 1. The molecule has 0 unspecified atom stereocenters. The summed E-state index contributed by atoms with van der Waals surface area (Å²) in [4.78, 5) is 22.2. The summed E-state index contributed by atoms with van der Waals surface area (Å²) in [7, 11) is -4.35. The number of rotatable bonds is 3. The van der Waals surface area contributed by atoms with Crippen LogP contribution in [-0.4, -0.2) is 35.2 Å². The van der Waals surface area contributed by atoms with Crippen LogP contribution < -0.4 is 4.72 Å². The number of carboxylic acids is 1. The molecule has 0 saturated carbocycles. The lowest BCUT2D eigenvalue weighted by molar-refractivity contribution is 0.0567. The summed E-state index contributed by atoms with van der Waals surface area (Å²) in [6.45, 7) is 4.70. The second-order valence-corrected chi connectivity index (χ2v) is 6.15. The molecule has 1 rings (SSSR count). The van der Waals surface area contributed by atoms with E-state index in [0.717, 1.165) is 12.3 Å². The number of hydrogen-bond acceptors (Lipinski definition) is 5. The summed E-state index contributed by atoms with van der Waals surface area (Å²) in [5.41, 5.74) is -1.36. The monoisotopic (exact) mass is 290 g/mol. The Kier molecular flexibility index (Phi) is 3.89. The third-order valence-corrected chi connectivity index (χ3v) is 3.06. The normalized spacial score (nSPS) is 11.9. The van der Waals surface area contributed by atoms with Crippen LogP contribution in [0.5, 0.6) is 0 Å². The van der Waals surface area contributed by atoms with Crippen molar-refractivity contribution in [1.82, 2.24) is 8.69 Å². The van der Waals surface area contributed by atoms with Crippen molar-refractivity contribution in [3.05, 3.63) is 24.0 Å². The van der Waals surface area contributed by atoms with E-state index in [1.54, 1.807) is 25.5 Å². The maximum Gasteiger partial charge on any atom is 0.422 e. The molecule has 8 nitrogen and oxygen atoms in total. The van der Waals surface area contributed by atoms with Crippen LogP contribution in [0.1, 0.15) is 31.3 Å². The van der Waals surface area contributed by atoms with Gasteiger partial charge in [0.1, 0.15) is 11.3 Å². The van der Waals surface area contributed by atoms with Crippen molar-refractivity contribution in [3.8, 4) is 0 Å². The molecule has 1 heterocycles. The first-order valence-electron chi connectivity index (χ1n) is 5.20. The lowest BCUT2D eigenvalue weighted by Gasteiger charge is -2.19. The molecular formula is C10H14N2O6S. The molecule has 0 radical (unpaired) electrons. The predicted octanol–water partition coefficient (Wildman–Crippen LogP) is 0.804. The van der Waals surface area contributed by atoms with Gasteiger partial charge in [0, 0.05) is 6.20 Å². The van der Waals surface area contributed by atoms with Gasteiger partial charge in [-0.1, -0.05) is 0 Å². The fraction of sp³-hybridized carbons (Fsp3) is 0.400. The Hall–Kier alpha value is -2.03. The minimum Gasteiger partial charge on any atom is -0.477 e. The maximum absolute atomic E-state index is 11.8. The Balaban J connectivity index is 2.97. The highest BCUT2D eigenvalue weighted by Gasteiger charge is 2.25. The first-order valence-corrected chi connectivity index (χ1v) is 6.64. The highest BCUT2D eigenvalue weighted by molar-refractivity contribution is 7.88. The molecule has 0 saturated heterocycles. The zero-order valence-corrected chi connectivity index (χ0v) is 11.4. The number of aromatic nitrogens is 1. The first kappa shape index (κ1) is 15.0. The van der Waals surface area contributed by atoms with E-state index in [0.29, 0.717) is 3.97 Å². The number of nitrogens with zero attached hydrogens (tertiary/aromatic N) is 1. The van der Waals surface area contributed by atoms with Crippen molar-refractivity contribution < 1.29 is 27.9 Å². The topological polar surface area (TPSA) is 115 Å². The van der Waals surface area contributed by atoms with Crippen molar-refractivity contribution in [2.24, 2.45) is 0 Å². The molecule has 0 aliphatic carbocycles. The number of carbonyl (C=O) groups excluding carboxylic acids is 1. The Morgan fingerprint density at radius 1 is 1.37 bits per heavy atom. The van der Waals surface area contributed by atoms with E-state index in [9.17, 15) is 18.0 Å². The summed E-state index contributed by atoms with van der Waals surface area (Å²) in [5.74, 6) is -1.43. The molecule has 0 bridgehead atoms. The number of nitrogens with one attached hydrogen (secondary N) is 1. The highest BCUT2D eigenvalue weighted by atomic mass is 32.2. The van der Waals surface area contributed by atoms with Gasteiger partial charge in [-0.25, -0.2) is 18.3 Å². The molecule has 0 aromatic carbocycles. The van der Waals surface area contributed by atoms with Crippen LogP contribution in [0.15, 0.2) is 18.3 Å². The highest BCUT2D eigenvalue weighted by Crippen LogP contribution is 2.09.